The number of hydrogen-bond acceptors (Lipinski definition) is 2. The van der Waals surface area contributed by atoms with Gasteiger partial charge in [0.15, 0.2) is 0 Å². The van der Waals surface area contributed by atoms with Crippen molar-refractivity contribution < 1.29 is 4.74 Å². The maximum Gasteiger partial charge on any atom is 0.127 e. The lowest BCUT2D eigenvalue weighted by Gasteiger charge is -2.13. The molecule has 112 valence electrons. The third-order valence-corrected chi connectivity index (χ3v) is 3.58. The lowest BCUT2D eigenvalue weighted by molar-refractivity contribution is 0.481. The summed E-state index contributed by atoms with van der Waals surface area (Å²) in [4.78, 5) is 0. The molecule has 1 N–H and O–H groups in total. The van der Waals surface area contributed by atoms with E-state index < -0.39 is 0 Å². The minimum absolute atomic E-state index is 0.544. The van der Waals surface area contributed by atoms with E-state index in [0.717, 1.165) is 24.6 Å². The van der Waals surface area contributed by atoms with Gasteiger partial charge in [0.25, 0.3) is 0 Å². The molecule has 0 saturated carbocycles. The molecule has 0 aromatic heterocycles. The largest absolute Gasteiger partial charge is 0.457 e. The van der Waals surface area contributed by atoms with Gasteiger partial charge in [-0.3, -0.25) is 0 Å². The summed E-state index contributed by atoms with van der Waals surface area (Å²) in [7, 11) is 0. The molecule has 0 unspecified atom stereocenters. The fraction of sp³-hybridized carbons (Fsp3) is 0.368. The Morgan fingerprint density at radius 2 is 1.81 bits per heavy atom. The van der Waals surface area contributed by atoms with Crippen molar-refractivity contribution >= 4 is 0 Å². The van der Waals surface area contributed by atoms with E-state index in [1.165, 1.54) is 16.7 Å². The molecule has 0 fully saturated rings. The van der Waals surface area contributed by atoms with Crippen molar-refractivity contribution in [1.29, 1.82) is 0 Å². The van der Waals surface area contributed by atoms with Crippen LogP contribution in [0, 0.1) is 6.92 Å². The molecular weight excluding hydrogens is 258 g/mol. The number of hydrogen-bond donors (Lipinski definition) is 1. The second-order valence-corrected chi connectivity index (χ2v) is 5.70. The van der Waals surface area contributed by atoms with Crippen molar-refractivity contribution in [1.82, 2.24) is 5.32 Å². The lowest BCUT2D eigenvalue weighted by Crippen LogP contribution is -2.11. The third kappa shape index (κ3) is 4.33. The Morgan fingerprint density at radius 1 is 1.05 bits per heavy atom. The van der Waals surface area contributed by atoms with Gasteiger partial charge in [-0.2, -0.15) is 0 Å². The van der Waals surface area contributed by atoms with Crippen LogP contribution in [0.25, 0.3) is 0 Å². The van der Waals surface area contributed by atoms with Crippen molar-refractivity contribution in [3.05, 3.63) is 59.2 Å². The smallest absolute Gasteiger partial charge is 0.127 e. The number of nitrogens with one attached hydrogen (secondary N) is 1. The first-order valence-corrected chi connectivity index (χ1v) is 7.68. The summed E-state index contributed by atoms with van der Waals surface area (Å²) >= 11 is 0. The second kappa shape index (κ2) is 7.28. The van der Waals surface area contributed by atoms with Crippen molar-refractivity contribution in [2.24, 2.45) is 0 Å². The summed E-state index contributed by atoms with van der Waals surface area (Å²) in [5.41, 5.74) is 3.90. The molecule has 0 aliphatic heterocycles. The van der Waals surface area contributed by atoms with Gasteiger partial charge >= 0.3 is 0 Å². The highest BCUT2D eigenvalue weighted by Gasteiger charge is 2.05. The van der Waals surface area contributed by atoms with E-state index in [2.05, 4.69) is 63.3 Å². The van der Waals surface area contributed by atoms with E-state index >= 15 is 0 Å². The molecule has 0 saturated heterocycles. The van der Waals surface area contributed by atoms with Crippen molar-refractivity contribution in [3.63, 3.8) is 0 Å². The zero-order valence-corrected chi connectivity index (χ0v) is 13.4. The van der Waals surface area contributed by atoms with Gasteiger partial charge in [0.2, 0.25) is 0 Å². The molecule has 2 heteroatoms. The van der Waals surface area contributed by atoms with Crippen LogP contribution in [0.1, 0.15) is 43.4 Å². The Morgan fingerprint density at radius 3 is 2.48 bits per heavy atom. The summed E-state index contributed by atoms with van der Waals surface area (Å²) in [6, 6.07) is 14.6. The van der Waals surface area contributed by atoms with E-state index in [9.17, 15) is 0 Å². The summed E-state index contributed by atoms with van der Waals surface area (Å²) < 4.78 is 5.99. The van der Waals surface area contributed by atoms with E-state index in [-0.39, 0.29) is 0 Å². The van der Waals surface area contributed by atoms with Crippen LogP contribution in [0.5, 0.6) is 11.5 Å². The van der Waals surface area contributed by atoms with Gasteiger partial charge in [0, 0.05) is 6.54 Å². The molecule has 21 heavy (non-hydrogen) atoms. The molecule has 2 aromatic carbocycles. The fourth-order valence-corrected chi connectivity index (χ4v) is 2.48. The Bertz CT molecular complexity index is 590. The van der Waals surface area contributed by atoms with Crippen LogP contribution in [0.4, 0.5) is 0 Å². The average molecular weight is 283 g/mol. The van der Waals surface area contributed by atoms with E-state index in [1.54, 1.807) is 0 Å². The summed E-state index contributed by atoms with van der Waals surface area (Å²) in [6.45, 7) is 10.5. The van der Waals surface area contributed by atoms with Crippen LogP contribution in [-0.2, 0) is 6.54 Å². The molecular formula is C19H25NO. The predicted octanol–water partition coefficient (Wildman–Crippen LogP) is 5.02. The van der Waals surface area contributed by atoms with Gasteiger partial charge in [-0.1, -0.05) is 39.0 Å². The standard InChI is InChI=1S/C19H25NO/c1-5-20-13-16-7-6-8-17(12-16)21-18-9-10-19(14(2)3)15(4)11-18/h6-12,14,20H,5,13H2,1-4H3. The first-order valence-electron chi connectivity index (χ1n) is 7.68. The van der Waals surface area contributed by atoms with E-state index in [0.29, 0.717) is 5.92 Å². The minimum Gasteiger partial charge on any atom is -0.457 e. The molecule has 0 aliphatic rings. The van der Waals surface area contributed by atoms with Crippen LogP contribution in [-0.4, -0.2) is 6.54 Å². The first kappa shape index (κ1) is 15.6. The quantitative estimate of drug-likeness (QED) is 0.803. The van der Waals surface area contributed by atoms with E-state index in [4.69, 9.17) is 4.74 Å². The highest BCUT2D eigenvalue weighted by Crippen LogP contribution is 2.27. The molecule has 0 atom stereocenters. The summed E-state index contributed by atoms with van der Waals surface area (Å²) in [5, 5.41) is 3.33. The first-order chi connectivity index (χ1) is 10.1. The van der Waals surface area contributed by atoms with Gasteiger partial charge in [-0.05, 0) is 60.3 Å². The Labute approximate surface area is 128 Å². The Hall–Kier alpha value is -1.80. The Kier molecular flexibility index (Phi) is 5.40. The predicted molar refractivity (Wildman–Crippen MR) is 89.2 cm³/mol. The van der Waals surface area contributed by atoms with Crippen molar-refractivity contribution in [3.8, 4) is 11.5 Å². The highest BCUT2D eigenvalue weighted by molar-refractivity contribution is 5.39. The van der Waals surface area contributed by atoms with Crippen LogP contribution >= 0.6 is 0 Å². The van der Waals surface area contributed by atoms with Gasteiger partial charge < -0.3 is 10.1 Å². The van der Waals surface area contributed by atoms with Gasteiger partial charge in [0.1, 0.15) is 11.5 Å². The molecule has 0 heterocycles. The Balaban J connectivity index is 2.12. The topological polar surface area (TPSA) is 21.3 Å². The average Bonchev–Trinajstić information content (AvgIpc) is 2.45. The monoisotopic (exact) mass is 283 g/mol. The van der Waals surface area contributed by atoms with Crippen LogP contribution in [0.3, 0.4) is 0 Å². The number of ether oxygens (including phenoxy) is 1. The number of aryl methyl sites for hydroxylation is 1. The van der Waals surface area contributed by atoms with Crippen LogP contribution < -0.4 is 10.1 Å². The van der Waals surface area contributed by atoms with Crippen molar-refractivity contribution in [2.45, 2.75) is 40.2 Å². The molecule has 2 nitrogen and oxygen atoms in total. The molecule has 0 spiro atoms. The van der Waals surface area contributed by atoms with Gasteiger partial charge in [0.05, 0.1) is 0 Å². The van der Waals surface area contributed by atoms with Gasteiger partial charge in [-0.25, -0.2) is 0 Å². The number of benzene rings is 2. The van der Waals surface area contributed by atoms with E-state index in [1.807, 2.05) is 12.1 Å². The molecule has 0 amide bonds. The normalized spacial score (nSPS) is 10.9. The fourth-order valence-electron chi connectivity index (χ4n) is 2.48. The zero-order valence-electron chi connectivity index (χ0n) is 13.4. The number of rotatable bonds is 6. The van der Waals surface area contributed by atoms with Gasteiger partial charge in [-0.15, -0.1) is 0 Å². The summed E-state index contributed by atoms with van der Waals surface area (Å²) in [6.07, 6.45) is 0. The highest BCUT2D eigenvalue weighted by atomic mass is 16.5. The third-order valence-electron chi connectivity index (χ3n) is 3.58. The molecule has 0 bridgehead atoms. The molecule has 0 aliphatic carbocycles. The zero-order chi connectivity index (χ0) is 15.2. The SMILES string of the molecule is CCNCc1cccc(Oc2ccc(C(C)C)c(C)c2)c1. The maximum atomic E-state index is 5.99. The second-order valence-electron chi connectivity index (χ2n) is 5.70. The molecule has 2 rings (SSSR count). The summed E-state index contributed by atoms with van der Waals surface area (Å²) in [5.74, 6) is 2.34. The maximum absolute atomic E-state index is 5.99. The minimum atomic E-state index is 0.544. The lowest BCUT2D eigenvalue weighted by atomic mass is 9.98. The molecule has 0 radical (unpaired) electrons. The van der Waals surface area contributed by atoms with Crippen LogP contribution in [0.2, 0.25) is 0 Å². The van der Waals surface area contributed by atoms with Crippen molar-refractivity contribution in [2.75, 3.05) is 6.54 Å². The molecule has 2 aromatic rings. The van der Waals surface area contributed by atoms with Crippen LogP contribution in [0.15, 0.2) is 42.5 Å².